The maximum atomic E-state index is 12.0. The Morgan fingerprint density at radius 2 is 2.35 bits per heavy atom. The van der Waals surface area contributed by atoms with Gasteiger partial charge in [0.15, 0.2) is 11.3 Å². The Balaban J connectivity index is 1.57. The van der Waals surface area contributed by atoms with E-state index in [4.69, 9.17) is 4.42 Å². The number of nitrogens with zero attached hydrogens (tertiary/aromatic N) is 1. The van der Waals surface area contributed by atoms with Crippen LogP contribution < -0.4 is 5.32 Å². The summed E-state index contributed by atoms with van der Waals surface area (Å²) < 4.78 is 5.48. The number of rotatable bonds is 4. The van der Waals surface area contributed by atoms with E-state index in [0.29, 0.717) is 23.4 Å². The first-order valence-corrected chi connectivity index (χ1v) is 7.13. The second-order valence-corrected chi connectivity index (χ2v) is 5.11. The lowest BCUT2D eigenvalue weighted by Gasteiger charge is -2.12. The average molecular weight is 270 g/mol. The van der Waals surface area contributed by atoms with Gasteiger partial charge in [-0.1, -0.05) is 11.6 Å². The van der Waals surface area contributed by atoms with Crippen molar-refractivity contribution in [1.82, 2.24) is 10.3 Å². The molecule has 0 bridgehead atoms. The molecule has 0 saturated heterocycles. The number of carbonyl (C=O) groups is 1. The van der Waals surface area contributed by atoms with Gasteiger partial charge in [-0.15, -0.1) is 0 Å². The fourth-order valence-corrected chi connectivity index (χ4v) is 2.54. The zero-order valence-corrected chi connectivity index (χ0v) is 11.4. The SMILES string of the molecule is O=C(NCCC1=CCCCC1)c1cc2ncccc2o1. The van der Waals surface area contributed by atoms with Crippen molar-refractivity contribution in [1.29, 1.82) is 0 Å². The molecule has 0 atom stereocenters. The third kappa shape index (κ3) is 2.90. The van der Waals surface area contributed by atoms with Gasteiger partial charge in [0.2, 0.25) is 0 Å². The molecular weight excluding hydrogens is 252 g/mol. The van der Waals surface area contributed by atoms with Crippen LogP contribution in [-0.2, 0) is 0 Å². The van der Waals surface area contributed by atoms with Crippen LogP contribution >= 0.6 is 0 Å². The van der Waals surface area contributed by atoms with Gasteiger partial charge >= 0.3 is 0 Å². The average Bonchev–Trinajstić information content (AvgIpc) is 2.92. The molecule has 0 saturated carbocycles. The van der Waals surface area contributed by atoms with Crippen LogP contribution in [0.25, 0.3) is 11.1 Å². The van der Waals surface area contributed by atoms with Gasteiger partial charge in [-0.3, -0.25) is 9.78 Å². The van der Waals surface area contributed by atoms with Gasteiger partial charge in [0.25, 0.3) is 5.91 Å². The molecule has 0 aliphatic heterocycles. The molecule has 2 aromatic rings. The van der Waals surface area contributed by atoms with E-state index in [2.05, 4.69) is 16.4 Å². The van der Waals surface area contributed by atoms with Crippen LogP contribution in [0.5, 0.6) is 0 Å². The van der Waals surface area contributed by atoms with Crippen molar-refractivity contribution in [3.05, 3.63) is 41.8 Å². The van der Waals surface area contributed by atoms with E-state index in [9.17, 15) is 4.79 Å². The molecule has 0 unspecified atom stereocenters. The smallest absolute Gasteiger partial charge is 0.287 e. The molecule has 1 aliphatic rings. The molecule has 2 heterocycles. The van der Waals surface area contributed by atoms with Gasteiger partial charge in [0, 0.05) is 18.8 Å². The van der Waals surface area contributed by atoms with Crippen LogP contribution in [0.1, 0.15) is 42.7 Å². The van der Waals surface area contributed by atoms with Gasteiger partial charge in [-0.2, -0.15) is 0 Å². The zero-order valence-electron chi connectivity index (χ0n) is 11.4. The molecule has 0 spiro atoms. The van der Waals surface area contributed by atoms with Gasteiger partial charge in [-0.05, 0) is 44.2 Å². The van der Waals surface area contributed by atoms with E-state index in [1.54, 1.807) is 18.3 Å². The Kier molecular flexibility index (Phi) is 3.81. The van der Waals surface area contributed by atoms with Crippen molar-refractivity contribution in [3.63, 3.8) is 0 Å². The number of carbonyl (C=O) groups excluding carboxylic acids is 1. The largest absolute Gasteiger partial charge is 0.449 e. The Morgan fingerprint density at radius 3 is 3.15 bits per heavy atom. The van der Waals surface area contributed by atoms with Crippen molar-refractivity contribution >= 4 is 17.0 Å². The predicted octanol–water partition coefficient (Wildman–Crippen LogP) is 3.45. The fraction of sp³-hybridized carbons (Fsp3) is 0.375. The van der Waals surface area contributed by atoms with Crippen molar-refractivity contribution in [2.45, 2.75) is 32.1 Å². The van der Waals surface area contributed by atoms with E-state index >= 15 is 0 Å². The second-order valence-electron chi connectivity index (χ2n) is 5.11. The normalized spacial score (nSPS) is 15.1. The van der Waals surface area contributed by atoms with Crippen molar-refractivity contribution in [2.75, 3.05) is 6.54 Å². The highest BCUT2D eigenvalue weighted by Crippen LogP contribution is 2.20. The second kappa shape index (κ2) is 5.90. The number of nitrogens with one attached hydrogen (secondary N) is 1. The summed E-state index contributed by atoms with van der Waals surface area (Å²) in [5, 5.41) is 2.91. The number of hydrogen-bond donors (Lipinski definition) is 1. The zero-order chi connectivity index (χ0) is 13.8. The van der Waals surface area contributed by atoms with E-state index < -0.39 is 0 Å². The lowest BCUT2D eigenvalue weighted by Crippen LogP contribution is -2.24. The quantitative estimate of drug-likeness (QED) is 0.866. The van der Waals surface area contributed by atoms with Crippen molar-refractivity contribution < 1.29 is 9.21 Å². The Labute approximate surface area is 117 Å². The van der Waals surface area contributed by atoms with Crippen LogP contribution in [0.15, 0.2) is 40.5 Å². The van der Waals surface area contributed by atoms with E-state index in [-0.39, 0.29) is 5.91 Å². The maximum absolute atomic E-state index is 12.0. The highest BCUT2D eigenvalue weighted by Gasteiger charge is 2.12. The summed E-state index contributed by atoms with van der Waals surface area (Å²) in [5.74, 6) is 0.163. The molecule has 104 valence electrons. The molecule has 4 heteroatoms. The van der Waals surface area contributed by atoms with Crippen LogP contribution in [0.3, 0.4) is 0 Å². The number of hydrogen-bond acceptors (Lipinski definition) is 3. The molecule has 1 amide bonds. The number of furan rings is 1. The van der Waals surface area contributed by atoms with Crippen LogP contribution in [0.2, 0.25) is 0 Å². The highest BCUT2D eigenvalue weighted by molar-refractivity contribution is 5.95. The minimum atomic E-state index is -0.167. The summed E-state index contributed by atoms with van der Waals surface area (Å²) in [7, 11) is 0. The van der Waals surface area contributed by atoms with Crippen LogP contribution in [0, 0.1) is 0 Å². The van der Waals surface area contributed by atoms with Gasteiger partial charge < -0.3 is 9.73 Å². The van der Waals surface area contributed by atoms with Crippen molar-refractivity contribution in [3.8, 4) is 0 Å². The highest BCUT2D eigenvalue weighted by atomic mass is 16.3. The Bertz CT molecular complexity index is 610. The molecule has 0 fully saturated rings. The first kappa shape index (κ1) is 12.9. The number of pyridine rings is 1. The maximum Gasteiger partial charge on any atom is 0.287 e. The topological polar surface area (TPSA) is 55.1 Å². The van der Waals surface area contributed by atoms with E-state index in [0.717, 1.165) is 6.42 Å². The monoisotopic (exact) mass is 270 g/mol. The summed E-state index contributed by atoms with van der Waals surface area (Å²) in [6.45, 7) is 0.662. The summed E-state index contributed by atoms with van der Waals surface area (Å²) in [4.78, 5) is 16.2. The first-order chi connectivity index (χ1) is 9.83. The number of aromatic nitrogens is 1. The third-order valence-electron chi connectivity index (χ3n) is 3.63. The van der Waals surface area contributed by atoms with Crippen molar-refractivity contribution in [2.24, 2.45) is 0 Å². The number of allylic oxidation sites excluding steroid dienone is 1. The van der Waals surface area contributed by atoms with Gasteiger partial charge in [0.05, 0.1) is 0 Å². The molecule has 20 heavy (non-hydrogen) atoms. The van der Waals surface area contributed by atoms with E-state index in [1.165, 1.54) is 31.3 Å². The first-order valence-electron chi connectivity index (χ1n) is 7.13. The van der Waals surface area contributed by atoms with Gasteiger partial charge in [-0.25, -0.2) is 0 Å². The standard InChI is InChI=1S/C16H18N2O2/c19-16(18-10-8-12-5-2-1-3-6-12)15-11-13-14(20-15)7-4-9-17-13/h4-5,7,9,11H,1-3,6,8,10H2,(H,18,19). The summed E-state index contributed by atoms with van der Waals surface area (Å²) in [6, 6.07) is 5.29. The predicted molar refractivity (Wildman–Crippen MR) is 77.5 cm³/mol. The molecule has 3 rings (SSSR count). The lowest BCUT2D eigenvalue weighted by atomic mass is 9.97. The third-order valence-corrected chi connectivity index (χ3v) is 3.63. The molecule has 1 N–H and O–H groups in total. The minimum absolute atomic E-state index is 0.167. The molecule has 2 aromatic heterocycles. The van der Waals surface area contributed by atoms with Crippen LogP contribution in [-0.4, -0.2) is 17.4 Å². The number of fused-ring (bicyclic) bond motifs is 1. The van der Waals surface area contributed by atoms with Gasteiger partial charge in [0.1, 0.15) is 5.52 Å². The molecule has 0 radical (unpaired) electrons. The Hall–Kier alpha value is -2.10. The minimum Gasteiger partial charge on any atom is -0.449 e. The Morgan fingerprint density at radius 1 is 1.40 bits per heavy atom. The molecule has 0 aromatic carbocycles. The lowest BCUT2D eigenvalue weighted by molar-refractivity contribution is 0.0928. The molecule has 4 nitrogen and oxygen atoms in total. The molecule has 1 aliphatic carbocycles. The van der Waals surface area contributed by atoms with E-state index in [1.807, 2.05) is 6.07 Å². The summed E-state index contributed by atoms with van der Waals surface area (Å²) in [6.07, 6.45) is 9.85. The molecular formula is C16H18N2O2. The fourth-order valence-electron chi connectivity index (χ4n) is 2.54. The van der Waals surface area contributed by atoms with Crippen LogP contribution in [0.4, 0.5) is 0 Å². The number of amides is 1. The summed E-state index contributed by atoms with van der Waals surface area (Å²) >= 11 is 0. The summed E-state index contributed by atoms with van der Waals surface area (Å²) in [5.41, 5.74) is 2.82.